The molecule has 0 bridgehead atoms. The number of likely N-dealkylation sites (N-methyl/N-ethyl adjacent to an activating group) is 1. The second-order valence-corrected chi connectivity index (χ2v) is 9.11. The van der Waals surface area contributed by atoms with Crippen molar-refractivity contribution >= 4 is 45.4 Å². The van der Waals surface area contributed by atoms with Gasteiger partial charge >= 0.3 is 0 Å². The molecule has 1 saturated heterocycles. The van der Waals surface area contributed by atoms with Gasteiger partial charge in [-0.1, -0.05) is 12.1 Å². The molecule has 170 valence electrons. The van der Waals surface area contributed by atoms with Crippen LogP contribution in [0.5, 0.6) is 0 Å². The van der Waals surface area contributed by atoms with Gasteiger partial charge in [0.2, 0.25) is 5.91 Å². The third-order valence-electron chi connectivity index (χ3n) is 6.40. The van der Waals surface area contributed by atoms with E-state index in [0.717, 1.165) is 18.5 Å². The molecule has 0 unspecified atom stereocenters. The highest BCUT2D eigenvalue weighted by molar-refractivity contribution is 7.13. The highest BCUT2D eigenvalue weighted by atomic mass is 32.1. The van der Waals surface area contributed by atoms with Gasteiger partial charge in [-0.3, -0.25) is 14.4 Å². The minimum Gasteiger partial charge on any atom is -0.370 e. The smallest absolute Gasteiger partial charge is 0.275 e. The molecule has 1 atom stereocenters. The molecule has 0 radical (unpaired) electrons. The van der Waals surface area contributed by atoms with Crippen LogP contribution in [0.1, 0.15) is 42.6 Å². The zero-order valence-electron chi connectivity index (χ0n) is 18.0. The number of aromatic nitrogens is 1. The molecule has 9 nitrogen and oxygen atoms in total. The molecule has 2 aromatic rings. The van der Waals surface area contributed by atoms with Crippen LogP contribution in [0, 0.1) is 0 Å². The van der Waals surface area contributed by atoms with Crippen molar-refractivity contribution in [2.45, 2.75) is 43.7 Å². The summed E-state index contributed by atoms with van der Waals surface area (Å²) < 4.78 is 0. The monoisotopic (exact) mass is 456 g/mol. The number of amides is 2. The van der Waals surface area contributed by atoms with E-state index in [4.69, 9.17) is 5.73 Å². The van der Waals surface area contributed by atoms with E-state index in [1.165, 1.54) is 11.3 Å². The van der Waals surface area contributed by atoms with E-state index in [2.05, 4.69) is 25.8 Å². The van der Waals surface area contributed by atoms with Gasteiger partial charge < -0.3 is 26.6 Å². The summed E-state index contributed by atoms with van der Waals surface area (Å²) in [5, 5.41) is 11.5. The second-order valence-electron chi connectivity index (χ2n) is 8.25. The van der Waals surface area contributed by atoms with Gasteiger partial charge in [0.1, 0.15) is 11.2 Å². The number of anilines is 3. The Hall–Kier alpha value is -2.98. The summed E-state index contributed by atoms with van der Waals surface area (Å²) in [6.07, 6.45) is 3.45. The molecule has 2 amide bonds. The topological polar surface area (TPSA) is 129 Å². The maximum atomic E-state index is 12.9. The van der Waals surface area contributed by atoms with Crippen LogP contribution in [-0.4, -0.2) is 54.3 Å². The summed E-state index contributed by atoms with van der Waals surface area (Å²) in [5.74, 6) is -0.452. The minimum absolute atomic E-state index is 0.195. The van der Waals surface area contributed by atoms with E-state index in [0.29, 0.717) is 48.9 Å². The van der Waals surface area contributed by atoms with Crippen molar-refractivity contribution in [3.8, 4) is 0 Å². The summed E-state index contributed by atoms with van der Waals surface area (Å²) in [5.41, 5.74) is 6.79. The van der Waals surface area contributed by atoms with Gasteiger partial charge in [-0.25, -0.2) is 4.98 Å². The van der Waals surface area contributed by atoms with E-state index in [1.54, 1.807) is 12.4 Å². The Morgan fingerprint density at radius 3 is 2.66 bits per heavy atom. The second kappa shape index (κ2) is 9.25. The first-order valence-electron chi connectivity index (χ1n) is 10.8. The molecule has 5 N–H and O–H groups in total. The standard InChI is InChI=1S/C22H28N6O3S/c1-24-22(20(23)31)9-11-28(12-10-22)17-7-3-2-5-14(17)25-19(30)16-13-32-21(27-16)26-15-6-4-8-18(15)29/h2-3,5,7,13,15,24H,4,6,8-12H2,1H3,(H2,23,31)(H,25,30)(H,26,27)/t15-/m1/s1. The molecule has 0 spiro atoms. The average molecular weight is 457 g/mol. The van der Waals surface area contributed by atoms with E-state index < -0.39 is 5.54 Å². The van der Waals surface area contributed by atoms with Crippen molar-refractivity contribution in [2.24, 2.45) is 5.73 Å². The lowest BCUT2D eigenvalue weighted by Crippen LogP contribution is -2.59. The largest absolute Gasteiger partial charge is 0.370 e. The molecule has 2 heterocycles. The number of carbonyl (C=O) groups is 3. The molecular formula is C22H28N6O3S. The molecule has 32 heavy (non-hydrogen) atoms. The summed E-state index contributed by atoms with van der Waals surface area (Å²) in [6, 6.07) is 7.38. The van der Waals surface area contributed by atoms with Gasteiger partial charge in [0.15, 0.2) is 10.9 Å². The Bertz CT molecular complexity index is 1010. The van der Waals surface area contributed by atoms with Crippen LogP contribution in [-0.2, 0) is 9.59 Å². The number of para-hydroxylation sites is 2. The first-order chi connectivity index (χ1) is 15.4. The highest BCUT2D eigenvalue weighted by Crippen LogP contribution is 2.32. The van der Waals surface area contributed by atoms with E-state index in [9.17, 15) is 14.4 Å². The molecule has 2 aliphatic rings. The molecule has 1 aromatic carbocycles. The molecular weight excluding hydrogens is 428 g/mol. The van der Waals surface area contributed by atoms with Crippen molar-refractivity contribution < 1.29 is 14.4 Å². The first kappa shape index (κ1) is 22.2. The van der Waals surface area contributed by atoms with Gasteiger partial charge in [-0.2, -0.15) is 0 Å². The quantitative estimate of drug-likeness (QED) is 0.501. The van der Waals surface area contributed by atoms with Crippen LogP contribution >= 0.6 is 11.3 Å². The SMILES string of the molecule is CNC1(C(N)=O)CCN(c2ccccc2NC(=O)c2csc(N[C@@H]3CCCC3=O)n2)CC1. The Balaban J connectivity index is 1.43. The van der Waals surface area contributed by atoms with Gasteiger partial charge in [0, 0.05) is 24.9 Å². The van der Waals surface area contributed by atoms with Crippen LogP contribution in [0.4, 0.5) is 16.5 Å². The Kier molecular flexibility index (Phi) is 6.43. The van der Waals surface area contributed by atoms with Gasteiger partial charge in [-0.05, 0) is 44.9 Å². The molecule has 1 aliphatic carbocycles. The summed E-state index contributed by atoms with van der Waals surface area (Å²) in [7, 11) is 1.76. The number of nitrogens with two attached hydrogens (primary N) is 1. The fourth-order valence-corrected chi connectivity index (χ4v) is 5.10. The lowest BCUT2D eigenvalue weighted by atomic mass is 9.86. The predicted molar refractivity (Wildman–Crippen MR) is 125 cm³/mol. The minimum atomic E-state index is -0.695. The van der Waals surface area contributed by atoms with Gasteiger partial charge in [0.05, 0.1) is 17.4 Å². The number of primary amides is 1. The zero-order valence-corrected chi connectivity index (χ0v) is 18.8. The third kappa shape index (κ3) is 4.46. The molecule has 1 aliphatic heterocycles. The maximum absolute atomic E-state index is 12.9. The Morgan fingerprint density at radius 1 is 1.25 bits per heavy atom. The maximum Gasteiger partial charge on any atom is 0.275 e. The summed E-state index contributed by atoms with van der Waals surface area (Å²) >= 11 is 1.32. The summed E-state index contributed by atoms with van der Waals surface area (Å²) in [4.78, 5) is 43.1. The number of rotatable bonds is 7. The van der Waals surface area contributed by atoms with Crippen LogP contribution in [0.3, 0.4) is 0 Å². The number of nitrogens with one attached hydrogen (secondary N) is 3. The van der Waals surface area contributed by atoms with Crippen LogP contribution in [0.15, 0.2) is 29.6 Å². The number of thiazole rings is 1. The average Bonchev–Trinajstić information content (AvgIpc) is 3.43. The first-order valence-corrected chi connectivity index (χ1v) is 11.7. The molecule has 1 saturated carbocycles. The zero-order chi connectivity index (χ0) is 22.7. The van der Waals surface area contributed by atoms with Gasteiger partial charge in [0.25, 0.3) is 5.91 Å². The normalized spacial score (nSPS) is 20.2. The third-order valence-corrected chi connectivity index (χ3v) is 7.17. The number of benzene rings is 1. The molecule has 4 rings (SSSR count). The Labute approximate surface area is 190 Å². The molecule has 1 aromatic heterocycles. The van der Waals surface area contributed by atoms with Crippen molar-refractivity contribution in [3.05, 3.63) is 35.3 Å². The number of carbonyl (C=O) groups excluding carboxylic acids is 3. The number of hydrogen-bond donors (Lipinski definition) is 4. The van der Waals surface area contributed by atoms with Crippen molar-refractivity contribution in [1.29, 1.82) is 0 Å². The van der Waals surface area contributed by atoms with Crippen molar-refractivity contribution in [3.63, 3.8) is 0 Å². The van der Waals surface area contributed by atoms with Crippen LogP contribution < -0.4 is 26.6 Å². The fraction of sp³-hybridized carbons (Fsp3) is 0.455. The van der Waals surface area contributed by atoms with Crippen molar-refractivity contribution in [2.75, 3.05) is 35.7 Å². The Morgan fingerprint density at radius 2 is 2.00 bits per heavy atom. The van der Waals surface area contributed by atoms with Crippen LogP contribution in [0.25, 0.3) is 0 Å². The number of piperidine rings is 1. The number of hydrogen-bond acceptors (Lipinski definition) is 8. The van der Waals surface area contributed by atoms with Gasteiger partial charge in [-0.15, -0.1) is 11.3 Å². The molecule has 2 fully saturated rings. The highest BCUT2D eigenvalue weighted by Gasteiger charge is 2.38. The van der Waals surface area contributed by atoms with E-state index >= 15 is 0 Å². The van der Waals surface area contributed by atoms with Crippen LogP contribution in [0.2, 0.25) is 0 Å². The summed E-state index contributed by atoms with van der Waals surface area (Å²) in [6.45, 7) is 1.27. The fourth-order valence-electron chi connectivity index (χ4n) is 4.35. The van der Waals surface area contributed by atoms with E-state index in [-0.39, 0.29) is 23.6 Å². The lowest BCUT2D eigenvalue weighted by Gasteiger charge is -2.41. The predicted octanol–water partition coefficient (Wildman–Crippen LogP) is 1.97. The number of ketones is 1. The number of Topliss-reactive ketones (excluding diaryl/α,β-unsaturated/α-hetero) is 1. The number of nitrogens with zero attached hydrogens (tertiary/aromatic N) is 2. The van der Waals surface area contributed by atoms with Crippen molar-refractivity contribution in [1.82, 2.24) is 10.3 Å². The van der Waals surface area contributed by atoms with E-state index in [1.807, 2.05) is 24.3 Å². The lowest BCUT2D eigenvalue weighted by molar-refractivity contribution is -0.125. The molecule has 10 heteroatoms.